The van der Waals surface area contributed by atoms with Gasteiger partial charge in [-0.25, -0.2) is 9.78 Å². The summed E-state index contributed by atoms with van der Waals surface area (Å²) < 4.78 is 14.4. The zero-order chi connectivity index (χ0) is 31.3. The highest BCUT2D eigenvalue weighted by molar-refractivity contribution is 5.96. The van der Waals surface area contributed by atoms with Gasteiger partial charge in [0.05, 0.1) is 16.6 Å². The molecule has 9 heteroatoms. The second-order valence-corrected chi connectivity index (χ2v) is 11.6. The molecule has 1 saturated carbocycles. The van der Waals surface area contributed by atoms with Crippen molar-refractivity contribution in [3.8, 4) is 22.9 Å². The van der Waals surface area contributed by atoms with Gasteiger partial charge in [-0.1, -0.05) is 25.3 Å². The first-order chi connectivity index (χ1) is 21.9. The second-order valence-electron chi connectivity index (χ2n) is 11.6. The number of carboxylic acid groups (broad SMARTS) is 1. The highest BCUT2D eigenvalue weighted by Crippen LogP contribution is 2.36. The quantitative estimate of drug-likeness (QED) is 0.180. The van der Waals surface area contributed by atoms with E-state index in [1.54, 1.807) is 44.7 Å². The highest BCUT2D eigenvalue weighted by atomic mass is 16.5. The SMILES string of the molecule is CN(C)C(=O)c1cc(OCc2ccncc2)ccc1COc1ccc(-c2nc3cc(C(=O)O)ccc3n2C2CCCCC2)cc1. The number of fused-ring (bicyclic) bond motifs is 1. The molecule has 6 rings (SSSR count). The van der Waals surface area contributed by atoms with Crippen LogP contribution in [0.1, 0.15) is 70.0 Å². The molecule has 2 aromatic heterocycles. The van der Waals surface area contributed by atoms with E-state index in [1.807, 2.05) is 54.6 Å². The van der Waals surface area contributed by atoms with E-state index < -0.39 is 5.97 Å². The maximum Gasteiger partial charge on any atom is 0.335 e. The lowest BCUT2D eigenvalue weighted by molar-refractivity contribution is 0.0696. The van der Waals surface area contributed by atoms with Crippen molar-refractivity contribution in [2.75, 3.05) is 14.1 Å². The molecule has 9 nitrogen and oxygen atoms in total. The largest absolute Gasteiger partial charge is 0.489 e. The summed E-state index contributed by atoms with van der Waals surface area (Å²) in [5.41, 5.74) is 5.05. The molecule has 0 atom stereocenters. The summed E-state index contributed by atoms with van der Waals surface area (Å²) in [6.45, 7) is 0.576. The molecular weight excluding hydrogens is 568 g/mol. The van der Waals surface area contributed by atoms with Crippen LogP contribution < -0.4 is 9.47 Å². The lowest BCUT2D eigenvalue weighted by Gasteiger charge is -2.25. The van der Waals surface area contributed by atoms with Crippen LogP contribution in [0.15, 0.2) is 85.2 Å². The summed E-state index contributed by atoms with van der Waals surface area (Å²) in [5, 5.41) is 9.53. The molecule has 1 fully saturated rings. The van der Waals surface area contributed by atoms with Crippen molar-refractivity contribution < 1.29 is 24.2 Å². The van der Waals surface area contributed by atoms with Crippen LogP contribution in [0.3, 0.4) is 0 Å². The first-order valence-electron chi connectivity index (χ1n) is 15.2. The van der Waals surface area contributed by atoms with Gasteiger partial charge < -0.3 is 24.0 Å². The summed E-state index contributed by atoms with van der Waals surface area (Å²) in [4.78, 5) is 35.2. The Morgan fingerprint density at radius 3 is 2.29 bits per heavy atom. The molecule has 230 valence electrons. The van der Waals surface area contributed by atoms with Crippen molar-refractivity contribution >= 4 is 22.9 Å². The zero-order valence-electron chi connectivity index (χ0n) is 25.5. The summed E-state index contributed by atoms with van der Waals surface area (Å²) in [6.07, 6.45) is 9.15. The molecule has 1 aliphatic carbocycles. The number of pyridine rings is 1. The topological polar surface area (TPSA) is 107 Å². The monoisotopic (exact) mass is 604 g/mol. The van der Waals surface area contributed by atoms with Gasteiger partial charge in [-0.3, -0.25) is 9.78 Å². The normalized spacial score (nSPS) is 13.5. The molecule has 45 heavy (non-hydrogen) atoms. The molecule has 0 aliphatic heterocycles. The van der Waals surface area contributed by atoms with E-state index in [1.165, 1.54) is 24.2 Å². The van der Waals surface area contributed by atoms with Crippen molar-refractivity contribution in [1.29, 1.82) is 0 Å². The van der Waals surface area contributed by atoms with E-state index in [9.17, 15) is 14.7 Å². The van der Waals surface area contributed by atoms with Gasteiger partial charge in [0, 0.05) is 49.2 Å². The van der Waals surface area contributed by atoms with Crippen LogP contribution in [0.5, 0.6) is 11.5 Å². The molecule has 0 radical (unpaired) electrons. The number of aromatic carboxylic acids is 1. The van der Waals surface area contributed by atoms with Crippen LogP contribution in [0.25, 0.3) is 22.4 Å². The Balaban J connectivity index is 1.22. The Kier molecular flexibility index (Phi) is 8.77. The average Bonchev–Trinajstić information content (AvgIpc) is 3.46. The van der Waals surface area contributed by atoms with E-state index in [-0.39, 0.29) is 18.1 Å². The molecule has 0 spiro atoms. The third kappa shape index (κ3) is 6.67. The number of hydrogen-bond acceptors (Lipinski definition) is 6. The zero-order valence-corrected chi connectivity index (χ0v) is 25.5. The minimum atomic E-state index is -0.963. The fourth-order valence-corrected chi connectivity index (χ4v) is 5.86. The number of carboxylic acids is 1. The van der Waals surface area contributed by atoms with E-state index in [2.05, 4.69) is 9.55 Å². The van der Waals surface area contributed by atoms with Gasteiger partial charge in [0.1, 0.15) is 30.5 Å². The highest BCUT2D eigenvalue weighted by Gasteiger charge is 2.23. The van der Waals surface area contributed by atoms with Crippen LogP contribution in [-0.2, 0) is 13.2 Å². The summed E-state index contributed by atoms with van der Waals surface area (Å²) >= 11 is 0. The van der Waals surface area contributed by atoms with Crippen molar-refractivity contribution in [1.82, 2.24) is 19.4 Å². The van der Waals surface area contributed by atoms with Crippen LogP contribution in [0.4, 0.5) is 0 Å². The molecule has 0 bridgehead atoms. The van der Waals surface area contributed by atoms with Crippen LogP contribution >= 0.6 is 0 Å². The van der Waals surface area contributed by atoms with Crippen molar-refractivity contribution in [2.24, 2.45) is 0 Å². The first kappa shape index (κ1) is 29.9. The number of benzene rings is 3. The molecule has 3 aromatic carbocycles. The van der Waals surface area contributed by atoms with Gasteiger partial charge in [-0.15, -0.1) is 0 Å². The maximum atomic E-state index is 13.1. The number of imidazole rings is 1. The van der Waals surface area contributed by atoms with Crippen LogP contribution in [-0.4, -0.2) is 50.5 Å². The third-order valence-electron chi connectivity index (χ3n) is 8.26. The maximum absolute atomic E-state index is 13.1. The average molecular weight is 605 g/mol. The Morgan fingerprint density at radius 2 is 1.58 bits per heavy atom. The molecule has 0 saturated heterocycles. The molecule has 0 unspecified atom stereocenters. The minimum absolute atomic E-state index is 0.133. The van der Waals surface area contributed by atoms with Gasteiger partial charge in [0.15, 0.2) is 0 Å². The van der Waals surface area contributed by atoms with E-state index >= 15 is 0 Å². The van der Waals surface area contributed by atoms with Gasteiger partial charge >= 0.3 is 5.97 Å². The van der Waals surface area contributed by atoms with Gasteiger partial charge in [0.2, 0.25) is 0 Å². The Hall–Kier alpha value is -5.18. The predicted octanol–water partition coefficient (Wildman–Crippen LogP) is 7.16. The van der Waals surface area contributed by atoms with Crippen molar-refractivity contribution in [3.05, 3.63) is 107 Å². The number of carbonyl (C=O) groups excluding carboxylic acids is 1. The molecule has 1 N–H and O–H groups in total. The Labute approximate surface area is 262 Å². The Bertz CT molecular complexity index is 1810. The number of amides is 1. The standard InChI is InChI=1S/C36H36N4O5/c1-39(2)35(41)31-21-30(44-22-24-16-18-37-19-17-24)14-10-27(31)23-45-29-12-8-25(9-13-29)34-38-32-20-26(36(42)43)11-15-33(32)40(34)28-6-4-3-5-7-28/h8-21,28H,3-7,22-23H2,1-2H3,(H,42,43). The molecule has 1 aliphatic rings. The van der Waals surface area contributed by atoms with Crippen molar-refractivity contribution in [3.63, 3.8) is 0 Å². The lowest BCUT2D eigenvalue weighted by Crippen LogP contribution is -2.23. The van der Waals surface area contributed by atoms with E-state index in [0.717, 1.165) is 40.9 Å². The summed E-state index contributed by atoms with van der Waals surface area (Å²) in [5.74, 6) is 0.989. The van der Waals surface area contributed by atoms with Gasteiger partial charge in [-0.2, -0.15) is 0 Å². The van der Waals surface area contributed by atoms with Crippen LogP contribution in [0.2, 0.25) is 0 Å². The second kappa shape index (κ2) is 13.2. The van der Waals surface area contributed by atoms with Gasteiger partial charge in [-0.05, 0) is 85.1 Å². The fourth-order valence-electron chi connectivity index (χ4n) is 5.86. The molecular formula is C36H36N4O5. The van der Waals surface area contributed by atoms with Gasteiger partial charge in [0.25, 0.3) is 5.91 Å². The first-order valence-corrected chi connectivity index (χ1v) is 15.2. The minimum Gasteiger partial charge on any atom is -0.489 e. The summed E-state index contributed by atoms with van der Waals surface area (Å²) in [6, 6.07) is 22.5. The summed E-state index contributed by atoms with van der Waals surface area (Å²) in [7, 11) is 3.44. The van der Waals surface area contributed by atoms with Crippen molar-refractivity contribution in [2.45, 2.75) is 51.4 Å². The number of ether oxygens (including phenoxy) is 2. The third-order valence-corrected chi connectivity index (χ3v) is 8.26. The predicted molar refractivity (Wildman–Crippen MR) is 172 cm³/mol. The number of carbonyl (C=O) groups is 2. The lowest BCUT2D eigenvalue weighted by atomic mass is 9.95. The smallest absolute Gasteiger partial charge is 0.335 e. The molecule has 1 amide bonds. The number of hydrogen-bond donors (Lipinski definition) is 1. The number of aromatic nitrogens is 3. The van der Waals surface area contributed by atoms with E-state index in [4.69, 9.17) is 14.5 Å². The Morgan fingerprint density at radius 1 is 0.867 bits per heavy atom. The van der Waals surface area contributed by atoms with E-state index in [0.29, 0.717) is 35.2 Å². The number of nitrogens with zero attached hydrogens (tertiary/aromatic N) is 4. The molecule has 5 aromatic rings. The van der Waals surface area contributed by atoms with Crippen LogP contribution in [0, 0.1) is 0 Å². The number of rotatable bonds is 10. The fraction of sp³-hybridized carbons (Fsp3) is 0.278. The molecule has 2 heterocycles.